The van der Waals surface area contributed by atoms with Crippen LogP contribution in [0.25, 0.3) is 0 Å². The van der Waals surface area contributed by atoms with Gasteiger partial charge in [-0.3, -0.25) is 4.99 Å². The molecule has 3 N–H and O–H groups in total. The maximum Gasteiger partial charge on any atom is 0.191 e. The summed E-state index contributed by atoms with van der Waals surface area (Å²) in [6, 6.07) is 10.8. The number of aliphatic imine (C=N–C) groups is 1. The highest BCUT2D eigenvalue weighted by atomic mass is 16.3. The molecule has 0 amide bonds. The number of hydrogen-bond acceptors (Lipinski definition) is 5. The van der Waals surface area contributed by atoms with Gasteiger partial charge in [-0.05, 0) is 44.2 Å². The van der Waals surface area contributed by atoms with Crippen LogP contribution < -0.4 is 15.5 Å². The average molecular weight is 428 g/mol. The molecule has 0 spiro atoms. The van der Waals surface area contributed by atoms with E-state index in [-0.39, 0.29) is 6.10 Å². The summed E-state index contributed by atoms with van der Waals surface area (Å²) in [4.78, 5) is 7.09. The van der Waals surface area contributed by atoms with Crippen LogP contribution in [0.15, 0.2) is 41.7 Å². The number of anilines is 1. The van der Waals surface area contributed by atoms with Crippen molar-refractivity contribution in [3.63, 3.8) is 0 Å². The molecule has 0 unspecified atom stereocenters. The Labute approximate surface area is 185 Å². The molecular formula is C23H37N7O. The largest absolute Gasteiger partial charge is 0.393 e. The van der Waals surface area contributed by atoms with Crippen LogP contribution in [0.2, 0.25) is 0 Å². The summed E-state index contributed by atoms with van der Waals surface area (Å²) in [6.45, 7) is 5.37. The highest BCUT2D eigenvalue weighted by Crippen LogP contribution is 2.18. The van der Waals surface area contributed by atoms with Crippen LogP contribution in [0.5, 0.6) is 0 Å². The Bertz CT molecular complexity index is 784. The molecule has 2 aromatic rings. The van der Waals surface area contributed by atoms with Crippen molar-refractivity contribution < 1.29 is 5.11 Å². The molecule has 1 saturated carbocycles. The lowest BCUT2D eigenvalue weighted by Gasteiger charge is -2.28. The number of aliphatic hydroxyl groups is 1. The lowest BCUT2D eigenvalue weighted by Crippen LogP contribution is -2.46. The molecular weight excluding hydrogens is 390 g/mol. The van der Waals surface area contributed by atoms with E-state index >= 15 is 0 Å². The van der Waals surface area contributed by atoms with Crippen LogP contribution in [0.4, 0.5) is 5.69 Å². The van der Waals surface area contributed by atoms with Crippen molar-refractivity contribution in [1.82, 2.24) is 25.4 Å². The van der Waals surface area contributed by atoms with Crippen LogP contribution in [0, 0.1) is 0 Å². The highest BCUT2D eigenvalue weighted by Gasteiger charge is 2.20. The monoisotopic (exact) mass is 427 g/mol. The Kier molecular flexibility index (Phi) is 9.15. The van der Waals surface area contributed by atoms with Gasteiger partial charge in [0.15, 0.2) is 5.96 Å². The Hall–Kier alpha value is -2.61. The first kappa shape index (κ1) is 23.1. The van der Waals surface area contributed by atoms with Gasteiger partial charge in [-0.2, -0.15) is 0 Å². The minimum atomic E-state index is -0.152. The van der Waals surface area contributed by atoms with Gasteiger partial charge in [0.25, 0.3) is 0 Å². The summed E-state index contributed by atoms with van der Waals surface area (Å²) in [5.41, 5.74) is 1.23. The third-order valence-corrected chi connectivity index (χ3v) is 5.81. The minimum absolute atomic E-state index is 0.152. The van der Waals surface area contributed by atoms with Crippen LogP contribution in [0.3, 0.4) is 0 Å². The molecule has 1 aromatic carbocycles. The summed E-state index contributed by atoms with van der Waals surface area (Å²) < 4.78 is 2.08. The maximum atomic E-state index is 9.78. The SMILES string of the molecule is CCc1nncn1CCNC(=NCCCN(C)c1ccccc1)NC1CCC(O)CC1. The van der Waals surface area contributed by atoms with Crippen molar-refractivity contribution in [3.8, 4) is 0 Å². The third kappa shape index (κ3) is 7.54. The number of aryl methyl sites for hydroxylation is 1. The molecule has 0 aliphatic heterocycles. The molecule has 0 radical (unpaired) electrons. The molecule has 0 atom stereocenters. The molecule has 170 valence electrons. The van der Waals surface area contributed by atoms with Crippen molar-refractivity contribution in [2.45, 2.75) is 64.1 Å². The molecule has 1 heterocycles. The fourth-order valence-corrected chi connectivity index (χ4v) is 3.91. The van der Waals surface area contributed by atoms with Crippen molar-refractivity contribution >= 4 is 11.6 Å². The second kappa shape index (κ2) is 12.3. The quantitative estimate of drug-likeness (QED) is 0.306. The molecule has 1 aliphatic carbocycles. The Morgan fingerprint density at radius 3 is 2.74 bits per heavy atom. The van der Waals surface area contributed by atoms with E-state index in [1.807, 2.05) is 6.07 Å². The topological polar surface area (TPSA) is 90.6 Å². The van der Waals surface area contributed by atoms with Gasteiger partial charge in [0.2, 0.25) is 0 Å². The number of rotatable bonds is 10. The van der Waals surface area contributed by atoms with Gasteiger partial charge in [0.1, 0.15) is 12.2 Å². The Balaban J connectivity index is 1.50. The smallest absolute Gasteiger partial charge is 0.191 e. The van der Waals surface area contributed by atoms with Gasteiger partial charge in [-0.1, -0.05) is 25.1 Å². The lowest BCUT2D eigenvalue weighted by atomic mass is 9.93. The van der Waals surface area contributed by atoms with E-state index in [9.17, 15) is 5.11 Å². The van der Waals surface area contributed by atoms with Gasteiger partial charge in [0, 0.05) is 51.4 Å². The number of hydrogen-bond donors (Lipinski definition) is 3. The summed E-state index contributed by atoms with van der Waals surface area (Å²) in [5, 5.41) is 25.0. The number of nitrogens with one attached hydrogen (secondary N) is 2. The molecule has 1 fully saturated rings. The third-order valence-electron chi connectivity index (χ3n) is 5.81. The van der Waals surface area contributed by atoms with Crippen molar-refractivity contribution in [3.05, 3.63) is 42.5 Å². The Morgan fingerprint density at radius 2 is 2.00 bits per heavy atom. The standard InChI is InChI=1S/C23H37N7O/c1-3-22-28-26-18-30(22)17-15-25-23(27-19-10-12-21(31)13-11-19)24-14-7-16-29(2)20-8-5-4-6-9-20/h4-6,8-9,18-19,21,31H,3,7,10-17H2,1-2H3,(H2,24,25,27). The zero-order valence-electron chi connectivity index (χ0n) is 18.9. The first-order chi connectivity index (χ1) is 15.2. The molecule has 0 bridgehead atoms. The summed E-state index contributed by atoms with van der Waals surface area (Å²) in [6.07, 6.45) is 7.15. The van der Waals surface area contributed by atoms with E-state index in [0.29, 0.717) is 6.04 Å². The number of aliphatic hydroxyl groups excluding tert-OH is 1. The van der Waals surface area contributed by atoms with Crippen LogP contribution in [-0.4, -0.2) is 64.7 Å². The zero-order chi connectivity index (χ0) is 21.9. The molecule has 8 nitrogen and oxygen atoms in total. The van der Waals surface area contributed by atoms with Crippen LogP contribution in [-0.2, 0) is 13.0 Å². The van der Waals surface area contributed by atoms with E-state index in [2.05, 4.69) is 68.5 Å². The fraction of sp³-hybridized carbons (Fsp3) is 0.609. The van der Waals surface area contributed by atoms with Gasteiger partial charge < -0.3 is 25.2 Å². The maximum absolute atomic E-state index is 9.78. The van der Waals surface area contributed by atoms with E-state index in [0.717, 1.165) is 76.5 Å². The van der Waals surface area contributed by atoms with Crippen molar-refractivity contribution in [2.24, 2.45) is 4.99 Å². The molecule has 8 heteroatoms. The van der Waals surface area contributed by atoms with Crippen LogP contribution in [0.1, 0.15) is 44.9 Å². The Morgan fingerprint density at radius 1 is 1.23 bits per heavy atom. The number of para-hydroxylation sites is 1. The van der Waals surface area contributed by atoms with Crippen molar-refractivity contribution in [2.75, 3.05) is 31.6 Å². The molecule has 3 rings (SSSR count). The number of nitrogens with zero attached hydrogens (tertiary/aromatic N) is 5. The van der Waals surface area contributed by atoms with E-state index < -0.39 is 0 Å². The predicted molar refractivity (Wildman–Crippen MR) is 125 cm³/mol. The average Bonchev–Trinajstić information content (AvgIpc) is 3.26. The van der Waals surface area contributed by atoms with Gasteiger partial charge in [0.05, 0.1) is 6.10 Å². The zero-order valence-corrected chi connectivity index (χ0v) is 18.9. The first-order valence-corrected chi connectivity index (χ1v) is 11.5. The summed E-state index contributed by atoms with van der Waals surface area (Å²) in [7, 11) is 2.12. The number of aromatic nitrogens is 3. The molecule has 31 heavy (non-hydrogen) atoms. The van der Waals surface area contributed by atoms with Gasteiger partial charge in [-0.25, -0.2) is 0 Å². The lowest BCUT2D eigenvalue weighted by molar-refractivity contribution is 0.120. The highest BCUT2D eigenvalue weighted by molar-refractivity contribution is 5.80. The minimum Gasteiger partial charge on any atom is -0.393 e. The van der Waals surface area contributed by atoms with Gasteiger partial charge in [-0.15, -0.1) is 10.2 Å². The van der Waals surface area contributed by atoms with E-state index in [4.69, 9.17) is 4.99 Å². The normalized spacial score (nSPS) is 19.3. The molecule has 1 aliphatic rings. The second-order valence-electron chi connectivity index (χ2n) is 8.21. The van der Waals surface area contributed by atoms with Crippen molar-refractivity contribution in [1.29, 1.82) is 0 Å². The van der Waals surface area contributed by atoms with Gasteiger partial charge >= 0.3 is 0 Å². The van der Waals surface area contributed by atoms with E-state index in [1.165, 1.54) is 5.69 Å². The first-order valence-electron chi connectivity index (χ1n) is 11.5. The number of benzene rings is 1. The summed E-state index contributed by atoms with van der Waals surface area (Å²) in [5.74, 6) is 1.85. The predicted octanol–water partition coefficient (Wildman–Crippen LogP) is 2.21. The van der Waals surface area contributed by atoms with Crippen LogP contribution >= 0.6 is 0 Å². The second-order valence-corrected chi connectivity index (χ2v) is 8.21. The van der Waals surface area contributed by atoms with E-state index in [1.54, 1.807) is 6.33 Å². The summed E-state index contributed by atoms with van der Waals surface area (Å²) >= 11 is 0. The molecule has 0 saturated heterocycles. The fourth-order valence-electron chi connectivity index (χ4n) is 3.91. The molecule has 1 aromatic heterocycles. The number of guanidine groups is 1.